The fourth-order valence-electron chi connectivity index (χ4n) is 4.19. The molecule has 2 N–H and O–H groups in total. The Balaban J connectivity index is 1.72. The van der Waals surface area contributed by atoms with Crippen molar-refractivity contribution in [2.45, 2.75) is 31.8 Å². The zero-order chi connectivity index (χ0) is 24.1. The number of aliphatic hydroxyl groups is 1. The van der Waals surface area contributed by atoms with Crippen molar-refractivity contribution in [2.24, 2.45) is 0 Å². The van der Waals surface area contributed by atoms with Crippen LogP contribution in [0, 0.1) is 17.5 Å². The lowest BCUT2D eigenvalue weighted by Gasteiger charge is -2.46. The van der Waals surface area contributed by atoms with Gasteiger partial charge < -0.3 is 10.4 Å². The van der Waals surface area contributed by atoms with Crippen LogP contribution >= 0.6 is 31.9 Å². The highest BCUT2D eigenvalue weighted by Crippen LogP contribution is 2.42. The molecule has 1 fully saturated rings. The number of fused-ring (bicyclic) bond motifs is 1. The van der Waals surface area contributed by atoms with Gasteiger partial charge in [0, 0.05) is 16.7 Å². The van der Waals surface area contributed by atoms with Crippen LogP contribution in [0.4, 0.5) is 18.9 Å². The average molecular weight is 589 g/mol. The van der Waals surface area contributed by atoms with Crippen LogP contribution in [0.5, 0.6) is 0 Å². The highest BCUT2D eigenvalue weighted by Gasteiger charge is 2.52. The summed E-state index contributed by atoms with van der Waals surface area (Å²) >= 11 is 6.10. The van der Waals surface area contributed by atoms with E-state index in [-0.39, 0.29) is 12.2 Å². The van der Waals surface area contributed by atoms with E-state index in [2.05, 4.69) is 37.2 Å². The second-order valence-electron chi connectivity index (χ2n) is 8.03. The van der Waals surface area contributed by atoms with Crippen molar-refractivity contribution in [3.8, 4) is 0 Å². The SMILES string of the molecule is C[C@]12CCCN1N(Cc1cc(F)ccc1Br)C(=O)C(C(=O)Nc1cc(F)c(Br)c(F)c1)=C2O. The number of nitrogens with zero attached hydrogens (tertiary/aromatic N) is 2. The van der Waals surface area contributed by atoms with Gasteiger partial charge in [-0.15, -0.1) is 0 Å². The first-order valence-electron chi connectivity index (χ1n) is 9.96. The minimum atomic E-state index is -1.05. The topological polar surface area (TPSA) is 72.9 Å². The van der Waals surface area contributed by atoms with E-state index < -0.39 is 50.6 Å². The zero-order valence-corrected chi connectivity index (χ0v) is 20.4. The molecule has 4 rings (SSSR count). The highest BCUT2D eigenvalue weighted by molar-refractivity contribution is 9.10. The predicted molar refractivity (Wildman–Crippen MR) is 121 cm³/mol. The minimum Gasteiger partial charge on any atom is -0.509 e. The molecule has 0 unspecified atom stereocenters. The van der Waals surface area contributed by atoms with Crippen LogP contribution in [-0.4, -0.2) is 39.0 Å². The molecule has 11 heteroatoms. The van der Waals surface area contributed by atoms with Crippen molar-refractivity contribution in [3.63, 3.8) is 0 Å². The van der Waals surface area contributed by atoms with Crippen LogP contribution in [0.15, 0.2) is 50.6 Å². The second-order valence-corrected chi connectivity index (χ2v) is 9.68. The largest absolute Gasteiger partial charge is 0.509 e. The van der Waals surface area contributed by atoms with E-state index >= 15 is 0 Å². The van der Waals surface area contributed by atoms with Crippen LogP contribution in [0.3, 0.4) is 0 Å². The lowest BCUT2D eigenvalue weighted by atomic mass is 9.90. The maximum atomic E-state index is 13.9. The first-order chi connectivity index (χ1) is 15.5. The molecule has 2 heterocycles. The number of carbonyl (C=O) groups excluding carboxylic acids is 2. The van der Waals surface area contributed by atoms with Gasteiger partial charge >= 0.3 is 0 Å². The van der Waals surface area contributed by atoms with Crippen LogP contribution in [-0.2, 0) is 16.1 Å². The zero-order valence-electron chi connectivity index (χ0n) is 17.3. The third-order valence-electron chi connectivity index (χ3n) is 5.89. The van der Waals surface area contributed by atoms with Crippen molar-refractivity contribution < 1.29 is 27.9 Å². The Kier molecular flexibility index (Phi) is 6.32. The lowest BCUT2D eigenvalue weighted by Crippen LogP contribution is -2.60. The summed E-state index contributed by atoms with van der Waals surface area (Å²) in [6, 6.07) is 5.84. The molecule has 0 aromatic heterocycles. The molecule has 0 radical (unpaired) electrons. The van der Waals surface area contributed by atoms with E-state index in [1.807, 2.05) is 0 Å². The van der Waals surface area contributed by atoms with Crippen molar-refractivity contribution in [1.29, 1.82) is 0 Å². The summed E-state index contributed by atoms with van der Waals surface area (Å²) in [6.45, 7) is 2.08. The molecule has 0 spiro atoms. The standard InChI is InChI=1S/C22H18Br2F3N3O3/c1-22-5-2-6-30(22)29(10-11-7-12(25)3-4-14(11)23)21(33)17(19(22)31)20(32)28-13-8-15(26)18(24)16(27)9-13/h3-4,7-9,31H,2,5-6,10H2,1H3,(H,28,32)/t22-/m1/s1. The quantitative estimate of drug-likeness (QED) is 0.381. The Morgan fingerprint density at radius 3 is 2.52 bits per heavy atom. The molecule has 2 aromatic carbocycles. The number of nitrogens with one attached hydrogen (secondary N) is 1. The monoisotopic (exact) mass is 587 g/mol. The van der Waals surface area contributed by atoms with Gasteiger partial charge in [-0.25, -0.2) is 18.2 Å². The first-order valence-corrected chi connectivity index (χ1v) is 11.5. The van der Waals surface area contributed by atoms with Crippen molar-refractivity contribution >= 4 is 49.4 Å². The van der Waals surface area contributed by atoms with Gasteiger partial charge in [0.1, 0.15) is 28.8 Å². The third-order valence-corrected chi connectivity index (χ3v) is 7.42. The normalized spacial score (nSPS) is 20.9. The van der Waals surface area contributed by atoms with E-state index in [9.17, 15) is 27.9 Å². The van der Waals surface area contributed by atoms with Crippen molar-refractivity contribution in [2.75, 3.05) is 11.9 Å². The minimum absolute atomic E-state index is 0.0572. The average Bonchev–Trinajstić information content (AvgIpc) is 3.15. The number of hydrazine groups is 1. The summed E-state index contributed by atoms with van der Waals surface area (Å²) in [5, 5.41) is 16.2. The van der Waals surface area contributed by atoms with Gasteiger partial charge in [0.05, 0.1) is 16.6 Å². The molecule has 1 atom stereocenters. The Labute approximate surface area is 204 Å². The van der Waals surface area contributed by atoms with Gasteiger partial charge in [-0.1, -0.05) is 15.9 Å². The predicted octanol–water partition coefficient (Wildman–Crippen LogP) is 5.19. The molecular weight excluding hydrogens is 571 g/mol. The smallest absolute Gasteiger partial charge is 0.277 e. The summed E-state index contributed by atoms with van der Waals surface area (Å²) in [5.41, 5.74) is -1.33. The molecule has 6 nitrogen and oxygen atoms in total. The molecular formula is C22H18Br2F3N3O3. The van der Waals surface area contributed by atoms with E-state index in [1.165, 1.54) is 23.2 Å². The molecule has 0 aliphatic carbocycles. The van der Waals surface area contributed by atoms with Crippen LogP contribution < -0.4 is 5.32 Å². The Morgan fingerprint density at radius 1 is 1.18 bits per heavy atom. The number of hydrogen-bond acceptors (Lipinski definition) is 4. The molecule has 2 aliphatic heterocycles. The van der Waals surface area contributed by atoms with Crippen LogP contribution in [0.1, 0.15) is 25.3 Å². The first kappa shape index (κ1) is 23.8. The number of halogens is 5. The maximum Gasteiger partial charge on any atom is 0.277 e. The van der Waals surface area contributed by atoms with E-state index in [0.29, 0.717) is 29.4 Å². The summed E-state index contributed by atoms with van der Waals surface area (Å²) in [4.78, 5) is 26.4. The molecule has 1 saturated heterocycles. The second kappa shape index (κ2) is 8.77. The van der Waals surface area contributed by atoms with Gasteiger partial charge in [0.25, 0.3) is 11.8 Å². The van der Waals surface area contributed by atoms with Crippen LogP contribution in [0.2, 0.25) is 0 Å². The summed E-state index contributed by atoms with van der Waals surface area (Å²) < 4.78 is 41.8. The number of hydrogen-bond donors (Lipinski definition) is 2. The van der Waals surface area contributed by atoms with Gasteiger partial charge in [-0.3, -0.25) is 14.6 Å². The van der Waals surface area contributed by atoms with Gasteiger partial charge in [0.2, 0.25) is 0 Å². The lowest BCUT2D eigenvalue weighted by molar-refractivity contribution is -0.160. The number of anilines is 1. The molecule has 174 valence electrons. The molecule has 2 amide bonds. The molecule has 0 bridgehead atoms. The number of amides is 2. The summed E-state index contributed by atoms with van der Waals surface area (Å²) in [6.07, 6.45) is 1.11. The van der Waals surface area contributed by atoms with Gasteiger partial charge in [-0.05, 0) is 71.6 Å². The maximum absolute atomic E-state index is 13.9. The Hall–Kier alpha value is -2.37. The van der Waals surface area contributed by atoms with E-state index in [4.69, 9.17) is 0 Å². The molecule has 2 aliphatic rings. The highest BCUT2D eigenvalue weighted by atomic mass is 79.9. The molecule has 0 saturated carbocycles. The van der Waals surface area contributed by atoms with Gasteiger partial charge in [-0.2, -0.15) is 0 Å². The molecule has 33 heavy (non-hydrogen) atoms. The number of carbonyl (C=O) groups is 2. The van der Waals surface area contributed by atoms with Crippen molar-refractivity contribution in [3.05, 3.63) is 73.6 Å². The summed E-state index contributed by atoms with van der Waals surface area (Å²) in [5.74, 6) is -4.60. The Morgan fingerprint density at radius 2 is 1.85 bits per heavy atom. The summed E-state index contributed by atoms with van der Waals surface area (Å²) in [7, 11) is 0. The third kappa shape index (κ3) is 4.17. The van der Waals surface area contributed by atoms with E-state index in [0.717, 1.165) is 12.1 Å². The molecule has 2 aromatic rings. The van der Waals surface area contributed by atoms with Gasteiger partial charge in [0.15, 0.2) is 0 Å². The Bertz CT molecular complexity index is 1180. The number of aliphatic hydroxyl groups excluding tert-OH is 1. The van der Waals surface area contributed by atoms with E-state index in [1.54, 1.807) is 11.9 Å². The van der Waals surface area contributed by atoms with Crippen LogP contribution in [0.25, 0.3) is 0 Å². The fraction of sp³-hybridized carbons (Fsp3) is 0.273. The number of rotatable bonds is 4. The van der Waals surface area contributed by atoms with Crippen molar-refractivity contribution in [1.82, 2.24) is 10.0 Å². The fourth-order valence-corrected chi connectivity index (χ4v) is 4.80. The number of benzene rings is 2.